The molecule has 0 bridgehead atoms. The number of nitrogens with one attached hydrogen (secondary N) is 2. The summed E-state index contributed by atoms with van der Waals surface area (Å²) in [5, 5.41) is 5.43. The van der Waals surface area contributed by atoms with Crippen molar-refractivity contribution in [3.63, 3.8) is 0 Å². The van der Waals surface area contributed by atoms with E-state index in [1.165, 1.54) is 0 Å². The smallest absolute Gasteiger partial charge is 0.234 e. The van der Waals surface area contributed by atoms with E-state index in [0.717, 1.165) is 5.56 Å². The first-order valence-corrected chi connectivity index (χ1v) is 10.8. The van der Waals surface area contributed by atoms with E-state index in [0.29, 0.717) is 83.6 Å². The SMILES string of the molecule is NCCOC/C(N)=C/NCCOCCOCCOc1cccc(C2CCC(=O)NC2=O)c1. The van der Waals surface area contributed by atoms with E-state index in [4.69, 9.17) is 30.4 Å². The van der Waals surface area contributed by atoms with Crippen molar-refractivity contribution in [3.8, 4) is 5.75 Å². The molecule has 0 spiro atoms. The Kier molecular flexibility index (Phi) is 12.2. The number of nitrogens with two attached hydrogens (primary N) is 2. The second-order valence-corrected chi connectivity index (χ2v) is 7.16. The van der Waals surface area contributed by atoms with Crippen LogP contribution in [0.15, 0.2) is 36.2 Å². The Labute approximate surface area is 188 Å². The third-order valence-electron chi connectivity index (χ3n) is 4.58. The first-order chi connectivity index (χ1) is 15.6. The number of benzene rings is 1. The fraction of sp³-hybridized carbons (Fsp3) is 0.545. The van der Waals surface area contributed by atoms with Crippen molar-refractivity contribution < 1.29 is 28.5 Å². The minimum Gasteiger partial charge on any atom is -0.491 e. The van der Waals surface area contributed by atoms with Crippen molar-refractivity contribution in [2.24, 2.45) is 11.5 Å². The third-order valence-corrected chi connectivity index (χ3v) is 4.58. The molecule has 6 N–H and O–H groups in total. The summed E-state index contributed by atoms with van der Waals surface area (Å²) in [5.74, 6) is -0.135. The average molecular weight is 451 g/mol. The second-order valence-electron chi connectivity index (χ2n) is 7.16. The number of hydrogen-bond donors (Lipinski definition) is 4. The number of imide groups is 1. The van der Waals surface area contributed by atoms with Crippen LogP contribution in [0.1, 0.15) is 24.3 Å². The van der Waals surface area contributed by atoms with Gasteiger partial charge in [0.2, 0.25) is 11.8 Å². The molecule has 0 aliphatic carbocycles. The molecule has 1 aliphatic heterocycles. The molecule has 2 rings (SSSR count). The topological polar surface area (TPSA) is 147 Å². The predicted molar refractivity (Wildman–Crippen MR) is 119 cm³/mol. The van der Waals surface area contributed by atoms with Gasteiger partial charge in [-0.15, -0.1) is 0 Å². The van der Waals surface area contributed by atoms with Gasteiger partial charge in [0.25, 0.3) is 0 Å². The van der Waals surface area contributed by atoms with Crippen LogP contribution in [0.4, 0.5) is 0 Å². The first kappa shape index (κ1) is 25.6. The van der Waals surface area contributed by atoms with E-state index in [1.54, 1.807) is 6.20 Å². The van der Waals surface area contributed by atoms with E-state index in [9.17, 15) is 9.59 Å². The summed E-state index contributed by atoms with van der Waals surface area (Å²) in [4.78, 5) is 23.3. The Morgan fingerprint density at radius 2 is 1.88 bits per heavy atom. The third kappa shape index (κ3) is 10.1. The zero-order valence-electron chi connectivity index (χ0n) is 18.3. The zero-order chi connectivity index (χ0) is 23.0. The lowest BCUT2D eigenvalue weighted by Crippen LogP contribution is -2.39. The summed E-state index contributed by atoms with van der Waals surface area (Å²) in [6, 6.07) is 7.38. The monoisotopic (exact) mass is 450 g/mol. The number of rotatable bonds is 16. The van der Waals surface area contributed by atoms with Crippen LogP contribution in [0, 0.1) is 0 Å². The second kappa shape index (κ2) is 15.2. The summed E-state index contributed by atoms with van der Waals surface area (Å²) in [6.45, 7) is 4.21. The van der Waals surface area contributed by atoms with Gasteiger partial charge in [0.15, 0.2) is 0 Å². The molecule has 0 saturated carbocycles. The van der Waals surface area contributed by atoms with Gasteiger partial charge in [0.05, 0.1) is 51.3 Å². The minimum atomic E-state index is -0.324. The van der Waals surface area contributed by atoms with Crippen LogP contribution < -0.4 is 26.8 Å². The van der Waals surface area contributed by atoms with Crippen LogP contribution in [-0.4, -0.2) is 71.2 Å². The number of amides is 2. The predicted octanol–water partition coefficient (Wildman–Crippen LogP) is -0.0162. The molecular formula is C22H34N4O6. The highest BCUT2D eigenvalue weighted by atomic mass is 16.5. The Morgan fingerprint density at radius 1 is 1.09 bits per heavy atom. The normalized spacial score (nSPS) is 16.7. The number of hydrogen-bond acceptors (Lipinski definition) is 9. The molecule has 1 atom stereocenters. The number of ether oxygens (including phenoxy) is 4. The number of carbonyl (C=O) groups is 2. The van der Waals surface area contributed by atoms with Crippen LogP contribution in [0.5, 0.6) is 5.75 Å². The van der Waals surface area contributed by atoms with Crippen LogP contribution in [0.3, 0.4) is 0 Å². The fourth-order valence-corrected chi connectivity index (χ4v) is 3.02. The van der Waals surface area contributed by atoms with Crippen molar-refractivity contribution in [2.75, 3.05) is 59.3 Å². The highest BCUT2D eigenvalue weighted by molar-refractivity contribution is 6.00. The maximum Gasteiger partial charge on any atom is 0.234 e. The fourth-order valence-electron chi connectivity index (χ4n) is 3.02. The molecule has 178 valence electrons. The summed E-state index contributed by atoms with van der Waals surface area (Å²) < 4.78 is 21.9. The van der Waals surface area contributed by atoms with E-state index in [2.05, 4.69) is 10.6 Å². The molecule has 1 fully saturated rings. The van der Waals surface area contributed by atoms with Gasteiger partial charge in [-0.3, -0.25) is 14.9 Å². The molecule has 0 radical (unpaired) electrons. The summed E-state index contributed by atoms with van der Waals surface area (Å²) >= 11 is 0. The van der Waals surface area contributed by atoms with Crippen molar-refractivity contribution >= 4 is 11.8 Å². The molecule has 1 aromatic rings. The summed E-state index contributed by atoms with van der Waals surface area (Å²) in [7, 11) is 0. The molecule has 1 heterocycles. The van der Waals surface area contributed by atoms with Gasteiger partial charge in [-0.25, -0.2) is 0 Å². The molecule has 1 unspecified atom stereocenters. The number of carbonyl (C=O) groups excluding carboxylic acids is 2. The molecule has 2 amide bonds. The Bertz CT molecular complexity index is 743. The molecule has 10 nitrogen and oxygen atoms in total. The maximum absolute atomic E-state index is 12.0. The maximum atomic E-state index is 12.0. The van der Waals surface area contributed by atoms with E-state index in [1.807, 2.05) is 24.3 Å². The van der Waals surface area contributed by atoms with Gasteiger partial charge in [-0.2, -0.15) is 0 Å². The zero-order valence-corrected chi connectivity index (χ0v) is 18.3. The molecule has 1 aromatic carbocycles. The van der Waals surface area contributed by atoms with Gasteiger partial charge in [0.1, 0.15) is 12.4 Å². The Morgan fingerprint density at radius 3 is 2.66 bits per heavy atom. The van der Waals surface area contributed by atoms with Crippen LogP contribution >= 0.6 is 0 Å². The van der Waals surface area contributed by atoms with Crippen molar-refractivity contribution in [2.45, 2.75) is 18.8 Å². The van der Waals surface area contributed by atoms with Crippen LogP contribution in [0.2, 0.25) is 0 Å². The van der Waals surface area contributed by atoms with Crippen LogP contribution in [0.25, 0.3) is 0 Å². The van der Waals surface area contributed by atoms with Crippen molar-refractivity contribution in [1.82, 2.24) is 10.6 Å². The molecule has 1 aliphatic rings. The minimum absolute atomic E-state index is 0.221. The summed E-state index contributed by atoms with van der Waals surface area (Å²) in [6.07, 6.45) is 2.56. The van der Waals surface area contributed by atoms with Gasteiger partial charge in [-0.05, 0) is 24.1 Å². The van der Waals surface area contributed by atoms with E-state index >= 15 is 0 Å². The van der Waals surface area contributed by atoms with Gasteiger partial charge >= 0.3 is 0 Å². The van der Waals surface area contributed by atoms with Crippen molar-refractivity contribution in [3.05, 3.63) is 41.7 Å². The first-order valence-electron chi connectivity index (χ1n) is 10.8. The molecule has 1 saturated heterocycles. The Balaban J connectivity index is 1.50. The van der Waals surface area contributed by atoms with E-state index in [-0.39, 0.29) is 17.7 Å². The van der Waals surface area contributed by atoms with Gasteiger partial charge < -0.3 is 35.7 Å². The average Bonchev–Trinajstić information content (AvgIpc) is 2.78. The Hall–Kier alpha value is -2.66. The highest BCUT2D eigenvalue weighted by Gasteiger charge is 2.27. The lowest BCUT2D eigenvalue weighted by molar-refractivity contribution is -0.134. The van der Waals surface area contributed by atoms with Crippen molar-refractivity contribution in [1.29, 1.82) is 0 Å². The van der Waals surface area contributed by atoms with Gasteiger partial charge in [-0.1, -0.05) is 12.1 Å². The quantitative estimate of drug-likeness (QED) is 0.201. The molecule has 10 heteroatoms. The lowest BCUT2D eigenvalue weighted by Gasteiger charge is -2.21. The summed E-state index contributed by atoms with van der Waals surface area (Å²) in [5.41, 5.74) is 12.5. The lowest BCUT2D eigenvalue weighted by atomic mass is 9.90. The van der Waals surface area contributed by atoms with Gasteiger partial charge in [0, 0.05) is 25.7 Å². The van der Waals surface area contributed by atoms with Crippen LogP contribution in [-0.2, 0) is 23.8 Å². The molecular weight excluding hydrogens is 416 g/mol. The molecule has 32 heavy (non-hydrogen) atoms. The highest BCUT2D eigenvalue weighted by Crippen LogP contribution is 2.27. The standard InChI is InChI=1S/C22H34N4O6/c23-6-8-31-16-18(24)15-25-7-9-29-10-11-30-12-13-32-19-3-1-2-17(14-19)20-4-5-21(27)26-22(20)28/h1-3,14-15,20,25H,4-13,16,23-24H2,(H,26,27,28)/b18-15-. The largest absolute Gasteiger partial charge is 0.491 e. The van der Waals surface area contributed by atoms with E-state index < -0.39 is 0 Å². The number of piperidine rings is 1. The molecule has 0 aromatic heterocycles.